The molecule has 0 aliphatic carbocycles. The smallest absolute Gasteiger partial charge is 0.291 e. The summed E-state index contributed by atoms with van der Waals surface area (Å²) in [6, 6.07) is 7.51. The molecule has 0 fully saturated rings. The molecule has 2 amide bonds. The van der Waals surface area contributed by atoms with E-state index in [1.807, 2.05) is 0 Å². The Balaban J connectivity index is 2.08. The summed E-state index contributed by atoms with van der Waals surface area (Å²) in [5.41, 5.74) is 0.824. The number of carbonyl (C=O) groups excluding carboxylic acids is 2. The van der Waals surface area contributed by atoms with Gasteiger partial charge in [0.2, 0.25) is 5.91 Å². The van der Waals surface area contributed by atoms with Crippen LogP contribution in [0.15, 0.2) is 34.7 Å². The number of benzene rings is 1. The van der Waals surface area contributed by atoms with E-state index in [4.69, 9.17) is 4.42 Å². The highest BCUT2D eigenvalue weighted by Crippen LogP contribution is 2.18. The van der Waals surface area contributed by atoms with Crippen LogP contribution in [0.25, 0.3) is 0 Å². The van der Waals surface area contributed by atoms with E-state index in [1.54, 1.807) is 19.1 Å². The van der Waals surface area contributed by atoms with Crippen LogP contribution in [0, 0.1) is 12.7 Å². The number of aryl methyl sites for hydroxylation is 2. The van der Waals surface area contributed by atoms with E-state index >= 15 is 0 Å². The predicted molar refractivity (Wildman–Crippen MR) is 80.2 cm³/mol. The van der Waals surface area contributed by atoms with Crippen LogP contribution in [0.3, 0.4) is 0 Å². The summed E-state index contributed by atoms with van der Waals surface area (Å²) in [5, 5.41) is 5.12. The lowest BCUT2D eigenvalue weighted by atomic mass is 10.1. The van der Waals surface area contributed by atoms with Crippen molar-refractivity contribution in [2.24, 2.45) is 0 Å². The molecule has 2 aromatic rings. The molecule has 0 spiro atoms. The number of nitrogens with one attached hydrogen (secondary N) is 2. The average Bonchev–Trinajstić information content (AvgIpc) is 2.94. The monoisotopic (exact) mass is 304 g/mol. The maximum absolute atomic E-state index is 13.7. The fourth-order valence-corrected chi connectivity index (χ4v) is 1.97. The van der Waals surface area contributed by atoms with Crippen molar-refractivity contribution in [1.82, 2.24) is 5.32 Å². The Morgan fingerprint density at radius 3 is 2.64 bits per heavy atom. The summed E-state index contributed by atoms with van der Waals surface area (Å²) >= 11 is 0. The number of carbonyl (C=O) groups is 2. The fraction of sp³-hybridized carbons (Fsp3) is 0.250. The number of rotatable bonds is 5. The third-order valence-electron chi connectivity index (χ3n) is 3.17. The Morgan fingerprint density at radius 1 is 1.23 bits per heavy atom. The zero-order valence-electron chi connectivity index (χ0n) is 12.4. The molecule has 0 bridgehead atoms. The van der Waals surface area contributed by atoms with Gasteiger partial charge in [0, 0.05) is 19.2 Å². The van der Waals surface area contributed by atoms with Crippen LogP contribution in [-0.2, 0) is 11.2 Å². The van der Waals surface area contributed by atoms with Crippen LogP contribution in [0.2, 0.25) is 0 Å². The largest absolute Gasteiger partial charge is 0.456 e. The predicted octanol–water partition coefficient (Wildman–Crippen LogP) is 2.66. The summed E-state index contributed by atoms with van der Waals surface area (Å²) in [6.07, 6.45) is 0.442. The highest BCUT2D eigenvalue weighted by molar-refractivity contribution is 6.02. The van der Waals surface area contributed by atoms with E-state index in [1.165, 1.54) is 25.2 Å². The zero-order valence-corrected chi connectivity index (χ0v) is 12.4. The van der Waals surface area contributed by atoms with Crippen molar-refractivity contribution in [2.75, 3.05) is 12.4 Å². The minimum atomic E-state index is -0.407. The zero-order chi connectivity index (χ0) is 16.1. The summed E-state index contributed by atoms with van der Waals surface area (Å²) in [5.74, 6) is -0.156. The Hall–Kier alpha value is -2.63. The van der Waals surface area contributed by atoms with Gasteiger partial charge in [-0.3, -0.25) is 9.59 Å². The average molecular weight is 304 g/mol. The minimum Gasteiger partial charge on any atom is -0.456 e. The van der Waals surface area contributed by atoms with Gasteiger partial charge < -0.3 is 15.1 Å². The molecule has 0 radical (unpaired) electrons. The summed E-state index contributed by atoms with van der Waals surface area (Å²) in [7, 11) is 1.53. The molecule has 22 heavy (non-hydrogen) atoms. The van der Waals surface area contributed by atoms with Gasteiger partial charge in [-0.1, -0.05) is 0 Å². The molecule has 116 valence electrons. The Bertz CT molecular complexity index is 694. The van der Waals surface area contributed by atoms with Crippen molar-refractivity contribution in [3.63, 3.8) is 0 Å². The standard InChI is InChI=1S/C16H17FN2O3/c1-10-3-7-14(22-10)16(21)19-12-5-6-13(17)11(9-12)4-8-15(20)18-2/h3,5-7,9H,4,8H2,1-2H3,(H,18,20)(H,19,21). The lowest BCUT2D eigenvalue weighted by molar-refractivity contribution is -0.120. The van der Waals surface area contributed by atoms with Crippen LogP contribution >= 0.6 is 0 Å². The molecule has 1 aromatic heterocycles. The molecule has 0 aliphatic heterocycles. The normalized spacial score (nSPS) is 10.3. The first-order chi connectivity index (χ1) is 10.5. The van der Waals surface area contributed by atoms with E-state index in [0.717, 1.165) is 0 Å². The quantitative estimate of drug-likeness (QED) is 0.892. The molecule has 2 N–H and O–H groups in total. The van der Waals surface area contributed by atoms with Crippen molar-refractivity contribution < 1.29 is 18.4 Å². The second kappa shape index (κ2) is 6.89. The van der Waals surface area contributed by atoms with Crippen LogP contribution in [-0.4, -0.2) is 18.9 Å². The molecule has 0 saturated carbocycles. The van der Waals surface area contributed by atoms with Gasteiger partial charge in [-0.15, -0.1) is 0 Å². The number of halogens is 1. The third kappa shape index (κ3) is 3.94. The van der Waals surface area contributed by atoms with Gasteiger partial charge >= 0.3 is 0 Å². The highest BCUT2D eigenvalue weighted by atomic mass is 19.1. The third-order valence-corrected chi connectivity index (χ3v) is 3.17. The van der Waals surface area contributed by atoms with Crippen molar-refractivity contribution in [2.45, 2.75) is 19.8 Å². The number of anilines is 1. The van der Waals surface area contributed by atoms with E-state index in [9.17, 15) is 14.0 Å². The van der Waals surface area contributed by atoms with E-state index < -0.39 is 11.7 Å². The van der Waals surface area contributed by atoms with Gasteiger partial charge in [-0.05, 0) is 49.2 Å². The molecule has 0 unspecified atom stereocenters. The van der Waals surface area contributed by atoms with Crippen LogP contribution in [0.4, 0.5) is 10.1 Å². The van der Waals surface area contributed by atoms with Crippen molar-refractivity contribution >= 4 is 17.5 Å². The van der Waals surface area contributed by atoms with Crippen molar-refractivity contribution in [1.29, 1.82) is 0 Å². The van der Waals surface area contributed by atoms with Gasteiger partial charge in [0.25, 0.3) is 5.91 Å². The molecular formula is C16H17FN2O3. The van der Waals surface area contributed by atoms with Gasteiger partial charge in [-0.25, -0.2) is 4.39 Å². The van der Waals surface area contributed by atoms with Gasteiger partial charge in [0.15, 0.2) is 5.76 Å². The number of amides is 2. The summed E-state index contributed by atoms with van der Waals surface area (Å²) in [4.78, 5) is 23.2. The molecular weight excluding hydrogens is 287 g/mol. The molecule has 1 heterocycles. The first-order valence-corrected chi connectivity index (χ1v) is 6.86. The van der Waals surface area contributed by atoms with Crippen LogP contribution in [0.1, 0.15) is 28.3 Å². The lowest BCUT2D eigenvalue weighted by Gasteiger charge is -2.07. The maximum atomic E-state index is 13.7. The molecule has 0 saturated heterocycles. The first-order valence-electron chi connectivity index (χ1n) is 6.86. The molecule has 5 nitrogen and oxygen atoms in total. The second-order valence-electron chi connectivity index (χ2n) is 4.84. The first kappa shape index (κ1) is 15.8. The topological polar surface area (TPSA) is 71.3 Å². The van der Waals surface area contributed by atoms with Gasteiger partial charge in [-0.2, -0.15) is 0 Å². The highest BCUT2D eigenvalue weighted by Gasteiger charge is 2.12. The molecule has 1 aromatic carbocycles. The van der Waals surface area contributed by atoms with Crippen molar-refractivity contribution in [3.05, 3.63) is 53.2 Å². The van der Waals surface area contributed by atoms with Crippen molar-refractivity contribution in [3.8, 4) is 0 Å². The molecule has 0 atom stereocenters. The van der Waals surface area contributed by atoms with E-state index in [0.29, 0.717) is 17.0 Å². The number of hydrogen-bond donors (Lipinski definition) is 2. The fourth-order valence-electron chi connectivity index (χ4n) is 1.97. The lowest BCUT2D eigenvalue weighted by Crippen LogP contribution is -2.18. The number of hydrogen-bond acceptors (Lipinski definition) is 3. The summed E-state index contributed by atoms with van der Waals surface area (Å²) in [6.45, 7) is 1.74. The second-order valence-corrected chi connectivity index (χ2v) is 4.84. The van der Waals surface area contributed by atoms with Gasteiger partial charge in [0.1, 0.15) is 11.6 Å². The number of furan rings is 1. The Labute approximate surface area is 127 Å². The SMILES string of the molecule is CNC(=O)CCc1cc(NC(=O)c2ccc(C)o2)ccc1F. The van der Waals surface area contributed by atoms with Crippen LogP contribution < -0.4 is 10.6 Å². The minimum absolute atomic E-state index is 0.167. The molecule has 0 aliphatic rings. The maximum Gasteiger partial charge on any atom is 0.291 e. The molecule has 6 heteroatoms. The Kier molecular flexibility index (Phi) is 4.93. The van der Waals surface area contributed by atoms with E-state index in [2.05, 4.69) is 10.6 Å². The van der Waals surface area contributed by atoms with Gasteiger partial charge in [0.05, 0.1) is 0 Å². The summed E-state index contributed by atoms with van der Waals surface area (Å²) < 4.78 is 19.0. The molecule has 2 rings (SSSR count). The Morgan fingerprint density at radius 2 is 2.00 bits per heavy atom. The van der Waals surface area contributed by atoms with Crippen LogP contribution in [0.5, 0.6) is 0 Å². The van der Waals surface area contributed by atoms with E-state index in [-0.39, 0.29) is 24.5 Å².